The molecular formula is C11H23N. The lowest BCUT2D eigenvalue weighted by Gasteiger charge is -2.21. The van der Waals surface area contributed by atoms with Crippen molar-refractivity contribution in [3.8, 4) is 0 Å². The van der Waals surface area contributed by atoms with E-state index in [9.17, 15) is 0 Å². The first-order valence-corrected chi connectivity index (χ1v) is 4.87. The molecule has 0 aromatic rings. The second kappa shape index (κ2) is 2.25. The molecule has 0 aromatic carbocycles. The summed E-state index contributed by atoms with van der Waals surface area (Å²) in [5.41, 5.74) is 1.23. The summed E-state index contributed by atoms with van der Waals surface area (Å²) >= 11 is 0. The molecule has 1 nitrogen and oxygen atoms in total. The first kappa shape index (κ1) is 10.0. The summed E-state index contributed by atoms with van der Waals surface area (Å²) < 4.78 is 0. The van der Waals surface area contributed by atoms with E-state index in [1.165, 1.54) is 6.54 Å². The molecule has 0 saturated carbocycles. The molecule has 0 amide bonds. The molecular weight excluding hydrogens is 146 g/mol. The van der Waals surface area contributed by atoms with Crippen LogP contribution in [0.5, 0.6) is 0 Å². The second-order valence-corrected chi connectivity index (χ2v) is 6.26. The van der Waals surface area contributed by atoms with Gasteiger partial charge < -0.3 is 0 Å². The van der Waals surface area contributed by atoms with Gasteiger partial charge in [0.1, 0.15) is 0 Å². The molecule has 0 radical (unpaired) electrons. The van der Waals surface area contributed by atoms with E-state index in [1.54, 1.807) is 0 Å². The zero-order valence-corrected chi connectivity index (χ0v) is 9.65. The van der Waals surface area contributed by atoms with Crippen LogP contribution in [0.3, 0.4) is 0 Å². The third-order valence-corrected chi connectivity index (χ3v) is 3.43. The average molecular weight is 169 g/mol. The van der Waals surface area contributed by atoms with Gasteiger partial charge in [-0.2, -0.15) is 0 Å². The molecule has 0 aromatic heterocycles. The van der Waals surface area contributed by atoms with Gasteiger partial charge in [-0.15, -0.1) is 0 Å². The topological polar surface area (TPSA) is 3.01 Å². The van der Waals surface area contributed by atoms with Gasteiger partial charge in [-0.3, -0.25) is 4.90 Å². The van der Waals surface area contributed by atoms with Crippen LogP contribution in [0.1, 0.15) is 48.5 Å². The molecule has 1 rings (SSSR count). The van der Waals surface area contributed by atoms with Crippen LogP contribution in [0.2, 0.25) is 0 Å². The van der Waals surface area contributed by atoms with E-state index < -0.39 is 0 Å². The average Bonchev–Trinajstić information content (AvgIpc) is 2.09. The van der Waals surface area contributed by atoms with Crippen molar-refractivity contribution >= 4 is 0 Å². The van der Waals surface area contributed by atoms with Crippen molar-refractivity contribution in [1.82, 2.24) is 4.90 Å². The predicted octanol–water partition coefficient (Wildman–Crippen LogP) is 2.91. The highest BCUT2D eigenvalue weighted by Crippen LogP contribution is 2.51. The molecule has 0 aliphatic carbocycles. The third-order valence-electron chi connectivity index (χ3n) is 3.43. The van der Waals surface area contributed by atoms with Crippen molar-refractivity contribution in [2.45, 2.75) is 59.5 Å². The lowest BCUT2D eigenvalue weighted by atomic mass is 9.97. The lowest BCUT2D eigenvalue weighted by molar-refractivity contribution is 0.270. The quantitative estimate of drug-likeness (QED) is 0.545. The van der Waals surface area contributed by atoms with Gasteiger partial charge in [0.05, 0.1) is 0 Å². The summed E-state index contributed by atoms with van der Waals surface area (Å²) in [7, 11) is 0. The number of hydrogen-bond acceptors (Lipinski definition) is 1. The third kappa shape index (κ3) is 1.39. The van der Waals surface area contributed by atoms with E-state index in [-0.39, 0.29) is 0 Å². The van der Waals surface area contributed by atoms with Crippen LogP contribution >= 0.6 is 0 Å². The van der Waals surface area contributed by atoms with Gasteiger partial charge in [-0.25, -0.2) is 0 Å². The fraction of sp³-hybridized carbons (Fsp3) is 1.00. The van der Waals surface area contributed by atoms with Crippen LogP contribution in [-0.4, -0.2) is 22.5 Å². The summed E-state index contributed by atoms with van der Waals surface area (Å²) in [4.78, 5) is 2.58. The molecule has 12 heavy (non-hydrogen) atoms. The van der Waals surface area contributed by atoms with Crippen molar-refractivity contribution in [3.05, 3.63) is 0 Å². The zero-order valence-electron chi connectivity index (χ0n) is 9.65. The van der Waals surface area contributed by atoms with E-state index in [2.05, 4.69) is 53.4 Å². The Morgan fingerprint density at radius 1 is 0.917 bits per heavy atom. The molecule has 1 fully saturated rings. The number of hydrogen-bond donors (Lipinski definition) is 0. The van der Waals surface area contributed by atoms with E-state index in [0.717, 1.165) is 0 Å². The fourth-order valence-corrected chi connectivity index (χ4v) is 1.89. The van der Waals surface area contributed by atoms with Crippen LogP contribution in [0.25, 0.3) is 0 Å². The molecule has 72 valence electrons. The number of rotatable bonds is 1. The molecule has 1 aliphatic heterocycles. The first-order valence-electron chi connectivity index (χ1n) is 4.87. The summed E-state index contributed by atoms with van der Waals surface area (Å²) in [6.45, 7) is 17.4. The SMILES string of the molecule is CC(C)(C)CN1C(C)(C)C1(C)C. The van der Waals surface area contributed by atoms with E-state index in [4.69, 9.17) is 0 Å². The highest BCUT2D eigenvalue weighted by molar-refractivity contribution is 5.19. The first-order chi connectivity index (χ1) is 5.09. The van der Waals surface area contributed by atoms with Crippen molar-refractivity contribution in [2.75, 3.05) is 6.54 Å². The minimum Gasteiger partial charge on any atom is -0.289 e. The van der Waals surface area contributed by atoms with Gasteiger partial charge in [0.2, 0.25) is 0 Å². The molecule has 0 bridgehead atoms. The van der Waals surface area contributed by atoms with Crippen molar-refractivity contribution in [2.24, 2.45) is 5.41 Å². The monoisotopic (exact) mass is 169 g/mol. The van der Waals surface area contributed by atoms with Crippen LogP contribution in [0.15, 0.2) is 0 Å². The van der Waals surface area contributed by atoms with Crippen LogP contribution < -0.4 is 0 Å². The zero-order chi connectivity index (χ0) is 9.78. The van der Waals surface area contributed by atoms with Crippen molar-refractivity contribution in [1.29, 1.82) is 0 Å². The highest BCUT2D eigenvalue weighted by Gasteiger charge is 2.62. The molecule has 1 heterocycles. The van der Waals surface area contributed by atoms with Gasteiger partial charge in [0, 0.05) is 17.6 Å². The smallest absolute Gasteiger partial charge is 0.0338 e. The Labute approximate surface area is 77.1 Å². The second-order valence-electron chi connectivity index (χ2n) is 6.26. The summed E-state index contributed by atoms with van der Waals surface area (Å²) in [5.74, 6) is 0. The Bertz CT molecular complexity index is 170. The van der Waals surface area contributed by atoms with E-state index in [1.807, 2.05) is 0 Å². The van der Waals surface area contributed by atoms with Gasteiger partial charge in [0.25, 0.3) is 0 Å². The molecule has 0 atom stereocenters. The molecule has 0 unspecified atom stereocenters. The molecule has 0 N–H and O–H groups in total. The van der Waals surface area contributed by atoms with Gasteiger partial charge >= 0.3 is 0 Å². The van der Waals surface area contributed by atoms with Crippen LogP contribution in [0, 0.1) is 5.41 Å². The Morgan fingerprint density at radius 3 is 1.33 bits per heavy atom. The highest BCUT2D eigenvalue weighted by atomic mass is 15.4. The Morgan fingerprint density at radius 2 is 1.25 bits per heavy atom. The summed E-state index contributed by atoms with van der Waals surface area (Å²) in [6, 6.07) is 0. The lowest BCUT2D eigenvalue weighted by Crippen LogP contribution is -2.23. The normalized spacial score (nSPS) is 27.2. The molecule has 0 spiro atoms. The van der Waals surface area contributed by atoms with E-state index in [0.29, 0.717) is 16.5 Å². The van der Waals surface area contributed by atoms with Crippen molar-refractivity contribution in [3.63, 3.8) is 0 Å². The van der Waals surface area contributed by atoms with Gasteiger partial charge in [-0.1, -0.05) is 20.8 Å². The summed E-state index contributed by atoms with van der Waals surface area (Å²) in [6.07, 6.45) is 0. The minimum absolute atomic E-state index is 0.403. The Balaban J connectivity index is 2.61. The predicted molar refractivity (Wildman–Crippen MR) is 54.3 cm³/mol. The van der Waals surface area contributed by atoms with E-state index >= 15 is 0 Å². The maximum Gasteiger partial charge on any atom is 0.0338 e. The largest absolute Gasteiger partial charge is 0.289 e. The summed E-state index contributed by atoms with van der Waals surface area (Å²) in [5, 5.41) is 0. The van der Waals surface area contributed by atoms with Crippen LogP contribution in [-0.2, 0) is 0 Å². The standard InChI is InChI=1S/C11H23N/c1-9(2,3)8-12-10(4,5)11(12,6)7/h8H2,1-7H3. The fourth-order valence-electron chi connectivity index (χ4n) is 1.89. The van der Waals surface area contributed by atoms with Gasteiger partial charge in [-0.05, 0) is 33.1 Å². The van der Waals surface area contributed by atoms with Crippen molar-refractivity contribution < 1.29 is 0 Å². The minimum atomic E-state index is 0.403. The molecule has 1 saturated heterocycles. The Hall–Kier alpha value is -0.0400. The maximum absolute atomic E-state index is 2.58. The molecule has 1 heteroatoms. The maximum atomic E-state index is 2.58. The molecule has 1 aliphatic rings. The van der Waals surface area contributed by atoms with Crippen LogP contribution in [0.4, 0.5) is 0 Å². The Kier molecular flexibility index (Phi) is 1.89. The number of nitrogens with zero attached hydrogens (tertiary/aromatic N) is 1. The van der Waals surface area contributed by atoms with Gasteiger partial charge in [0.15, 0.2) is 0 Å².